The predicted octanol–water partition coefficient (Wildman–Crippen LogP) is 2.86. The predicted molar refractivity (Wildman–Crippen MR) is 110 cm³/mol. The van der Waals surface area contributed by atoms with Gasteiger partial charge in [-0.25, -0.2) is 8.42 Å². The molecule has 154 valence electrons. The summed E-state index contributed by atoms with van der Waals surface area (Å²) in [5.41, 5.74) is 2.35. The van der Waals surface area contributed by atoms with E-state index in [2.05, 4.69) is 5.32 Å². The van der Waals surface area contributed by atoms with E-state index in [1.165, 1.54) is 30.7 Å². The maximum Gasteiger partial charge on any atom is 0.274 e. The van der Waals surface area contributed by atoms with Gasteiger partial charge >= 0.3 is 0 Å². The second kappa shape index (κ2) is 8.20. The Morgan fingerprint density at radius 3 is 2.66 bits per heavy atom. The van der Waals surface area contributed by atoms with Gasteiger partial charge in [0.15, 0.2) is 0 Å². The summed E-state index contributed by atoms with van der Waals surface area (Å²) < 4.78 is 25.7. The van der Waals surface area contributed by atoms with E-state index in [1.807, 2.05) is 24.3 Å². The molecule has 2 aromatic rings. The van der Waals surface area contributed by atoms with Crippen molar-refractivity contribution < 1.29 is 18.1 Å². The number of carbonyl (C=O) groups excluding carboxylic acids is 1. The molecule has 0 saturated heterocycles. The van der Waals surface area contributed by atoms with Gasteiger partial charge in [0, 0.05) is 6.07 Å². The van der Waals surface area contributed by atoms with Crippen LogP contribution in [0.5, 0.6) is 0 Å². The molecule has 29 heavy (non-hydrogen) atoms. The van der Waals surface area contributed by atoms with Gasteiger partial charge in [-0.3, -0.25) is 19.2 Å². The van der Waals surface area contributed by atoms with Gasteiger partial charge in [-0.15, -0.1) is 0 Å². The molecule has 0 radical (unpaired) electrons. The zero-order chi connectivity index (χ0) is 21.2. The smallest absolute Gasteiger partial charge is 0.274 e. The van der Waals surface area contributed by atoms with E-state index in [9.17, 15) is 23.3 Å². The highest BCUT2D eigenvalue weighted by Gasteiger charge is 2.28. The van der Waals surface area contributed by atoms with Crippen LogP contribution in [0.3, 0.4) is 0 Å². The number of nitro benzene ring substituents is 1. The Labute approximate surface area is 169 Å². The largest absolute Gasteiger partial charge is 0.348 e. The molecule has 2 aromatic carbocycles. The number of fused-ring (bicyclic) bond motifs is 1. The molecular formula is C20H23N3O5S. The van der Waals surface area contributed by atoms with Crippen LogP contribution in [-0.2, 0) is 21.2 Å². The summed E-state index contributed by atoms with van der Waals surface area (Å²) in [5.74, 6) is -0.456. The lowest BCUT2D eigenvalue weighted by Crippen LogP contribution is -2.42. The monoisotopic (exact) mass is 417 g/mol. The summed E-state index contributed by atoms with van der Waals surface area (Å²) in [6, 6.07) is 11.9. The van der Waals surface area contributed by atoms with Crippen molar-refractivity contribution in [3.63, 3.8) is 0 Å². The second-order valence-corrected chi connectivity index (χ2v) is 9.07. The van der Waals surface area contributed by atoms with E-state index in [0.717, 1.165) is 35.4 Å². The molecule has 0 saturated carbocycles. The van der Waals surface area contributed by atoms with Crippen LogP contribution >= 0.6 is 0 Å². The topological polar surface area (TPSA) is 110 Å². The third-order valence-corrected chi connectivity index (χ3v) is 6.26. The average molecular weight is 417 g/mol. The summed E-state index contributed by atoms with van der Waals surface area (Å²) >= 11 is 0. The maximum atomic E-state index is 12.7. The van der Waals surface area contributed by atoms with E-state index in [-0.39, 0.29) is 23.0 Å². The average Bonchev–Trinajstić information content (AvgIpc) is 2.66. The first-order chi connectivity index (χ1) is 13.7. The fourth-order valence-corrected chi connectivity index (χ4v) is 4.64. The highest BCUT2D eigenvalue weighted by Crippen LogP contribution is 2.31. The standard InChI is InChI=1S/C20H23N3O5S/c1-14-18(11-6-12-19(14)23(25)26)22(29(2,27)28)13-20(24)21-17-10-5-8-15-7-3-4-9-16(15)17/h3-4,6-7,9,11-12,17H,5,8,10,13H2,1-2H3,(H,21,24)/t17-/m0/s1. The molecule has 1 N–H and O–H groups in total. The molecule has 0 heterocycles. The molecule has 1 aliphatic rings. The first-order valence-electron chi connectivity index (χ1n) is 9.27. The van der Waals surface area contributed by atoms with Crippen LogP contribution in [0.1, 0.15) is 35.6 Å². The summed E-state index contributed by atoms with van der Waals surface area (Å²) in [6.45, 7) is 1.03. The Bertz CT molecular complexity index is 1050. The quantitative estimate of drug-likeness (QED) is 0.574. The zero-order valence-electron chi connectivity index (χ0n) is 16.3. The van der Waals surface area contributed by atoms with E-state index < -0.39 is 27.4 Å². The minimum atomic E-state index is -3.83. The number of hydrogen-bond acceptors (Lipinski definition) is 5. The van der Waals surface area contributed by atoms with Crippen molar-refractivity contribution in [3.05, 3.63) is 69.3 Å². The fraction of sp³-hybridized carbons (Fsp3) is 0.350. The Kier molecular flexibility index (Phi) is 5.88. The molecule has 8 nitrogen and oxygen atoms in total. The van der Waals surface area contributed by atoms with Crippen molar-refractivity contribution in [1.29, 1.82) is 0 Å². The molecule has 0 bridgehead atoms. The number of anilines is 1. The van der Waals surface area contributed by atoms with Gasteiger partial charge in [0.1, 0.15) is 6.54 Å². The van der Waals surface area contributed by atoms with Crippen LogP contribution in [0.25, 0.3) is 0 Å². The minimum absolute atomic E-state index is 0.126. The normalized spacial score (nSPS) is 16.0. The highest BCUT2D eigenvalue weighted by molar-refractivity contribution is 7.92. The van der Waals surface area contributed by atoms with Gasteiger partial charge in [0.05, 0.1) is 28.5 Å². The molecule has 1 aliphatic carbocycles. The lowest BCUT2D eigenvalue weighted by Gasteiger charge is -2.28. The number of nitrogens with zero attached hydrogens (tertiary/aromatic N) is 2. The van der Waals surface area contributed by atoms with E-state index in [0.29, 0.717) is 0 Å². The molecule has 0 unspecified atom stereocenters. The summed E-state index contributed by atoms with van der Waals surface area (Å²) in [4.78, 5) is 23.4. The lowest BCUT2D eigenvalue weighted by atomic mass is 9.88. The number of aryl methyl sites for hydroxylation is 1. The molecule has 1 atom stereocenters. The van der Waals surface area contributed by atoms with Gasteiger partial charge in [-0.05, 0) is 43.4 Å². The Morgan fingerprint density at radius 1 is 1.24 bits per heavy atom. The highest BCUT2D eigenvalue weighted by atomic mass is 32.2. The van der Waals surface area contributed by atoms with Crippen molar-refractivity contribution in [2.45, 2.75) is 32.2 Å². The summed E-state index contributed by atoms with van der Waals surface area (Å²) in [6.07, 6.45) is 3.64. The fourth-order valence-electron chi connectivity index (χ4n) is 3.73. The van der Waals surface area contributed by atoms with Gasteiger partial charge < -0.3 is 5.32 Å². The number of benzene rings is 2. The van der Waals surface area contributed by atoms with E-state index in [1.54, 1.807) is 0 Å². The van der Waals surface area contributed by atoms with E-state index in [4.69, 9.17) is 0 Å². The summed E-state index contributed by atoms with van der Waals surface area (Å²) in [7, 11) is -3.83. The molecule has 0 aliphatic heterocycles. The van der Waals surface area contributed by atoms with Crippen LogP contribution in [0, 0.1) is 17.0 Å². The first kappa shape index (κ1) is 20.8. The van der Waals surface area contributed by atoms with Crippen molar-refractivity contribution in [3.8, 4) is 0 Å². The van der Waals surface area contributed by atoms with E-state index >= 15 is 0 Å². The van der Waals surface area contributed by atoms with Crippen LogP contribution in [0.2, 0.25) is 0 Å². The number of carbonyl (C=O) groups is 1. The number of sulfonamides is 1. The lowest BCUT2D eigenvalue weighted by molar-refractivity contribution is -0.385. The molecule has 0 spiro atoms. The van der Waals surface area contributed by atoms with Gasteiger partial charge in [-0.1, -0.05) is 30.3 Å². The molecular weight excluding hydrogens is 394 g/mol. The minimum Gasteiger partial charge on any atom is -0.348 e. The third kappa shape index (κ3) is 4.56. The van der Waals surface area contributed by atoms with Crippen LogP contribution < -0.4 is 9.62 Å². The summed E-state index contributed by atoms with van der Waals surface area (Å²) in [5, 5.41) is 14.1. The van der Waals surface area contributed by atoms with Gasteiger partial charge in [0.2, 0.25) is 15.9 Å². The number of hydrogen-bond donors (Lipinski definition) is 1. The Balaban J connectivity index is 1.85. The van der Waals surface area contributed by atoms with Crippen molar-refractivity contribution in [2.75, 3.05) is 17.1 Å². The second-order valence-electron chi connectivity index (χ2n) is 7.16. The SMILES string of the molecule is Cc1c(N(CC(=O)N[C@H]2CCCc3ccccc32)S(C)(=O)=O)cccc1[N+](=O)[O-]. The Hall–Kier alpha value is -2.94. The molecule has 0 fully saturated rings. The molecule has 0 aromatic heterocycles. The molecule has 1 amide bonds. The first-order valence-corrected chi connectivity index (χ1v) is 11.1. The number of nitrogens with one attached hydrogen (secondary N) is 1. The number of amides is 1. The van der Waals surface area contributed by atoms with Crippen molar-refractivity contribution in [1.82, 2.24) is 5.32 Å². The zero-order valence-corrected chi connectivity index (χ0v) is 17.1. The van der Waals surface area contributed by atoms with Crippen molar-refractivity contribution in [2.24, 2.45) is 0 Å². The maximum absolute atomic E-state index is 12.7. The van der Waals surface area contributed by atoms with Gasteiger partial charge in [-0.2, -0.15) is 0 Å². The third-order valence-electron chi connectivity index (χ3n) is 5.13. The van der Waals surface area contributed by atoms with Gasteiger partial charge in [0.25, 0.3) is 5.69 Å². The van der Waals surface area contributed by atoms with Crippen LogP contribution in [-0.4, -0.2) is 32.0 Å². The number of nitro groups is 1. The van der Waals surface area contributed by atoms with Crippen LogP contribution in [0.4, 0.5) is 11.4 Å². The molecule has 9 heteroatoms. The van der Waals surface area contributed by atoms with Crippen molar-refractivity contribution >= 4 is 27.3 Å². The number of rotatable bonds is 6. The Morgan fingerprint density at radius 2 is 1.97 bits per heavy atom. The molecule has 3 rings (SSSR count). The van der Waals surface area contributed by atoms with Crippen LogP contribution in [0.15, 0.2) is 42.5 Å².